The third kappa shape index (κ3) is 4.52. The van der Waals surface area contributed by atoms with Crippen molar-refractivity contribution in [2.24, 2.45) is 0 Å². The lowest BCUT2D eigenvalue weighted by Crippen LogP contribution is -2.30. The molecule has 3 aromatic rings. The molecule has 0 spiro atoms. The first-order chi connectivity index (χ1) is 13.9. The highest BCUT2D eigenvalue weighted by Crippen LogP contribution is 2.29. The van der Waals surface area contributed by atoms with E-state index in [4.69, 9.17) is 4.74 Å². The maximum absolute atomic E-state index is 12.7. The van der Waals surface area contributed by atoms with Crippen LogP contribution in [-0.4, -0.2) is 41.1 Å². The van der Waals surface area contributed by atoms with E-state index in [9.17, 15) is 13.2 Å². The van der Waals surface area contributed by atoms with Crippen LogP contribution in [0.5, 0.6) is 5.88 Å². The number of thiophene rings is 1. The van der Waals surface area contributed by atoms with Crippen molar-refractivity contribution in [2.45, 2.75) is 25.1 Å². The number of aromatic nitrogens is 2. The van der Waals surface area contributed by atoms with Crippen LogP contribution in [-0.2, 0) is 6.18 Å². The molecule has 29 heavy (non-hydrogen) atoms. The number of likely N-dealkylation sites (tertiary alicyclic amines) is 1. The van der Waals surface area contributed by atoms with Gasteiger partial charge in [0.25, 0.3) is 0 Å². The molecule has 1 aromatic carbocycles. The minimum atomic E-state index is -4.37. The quantitative estimate of drug-likeness (QED) is 0.585. The summed E-state index contributed by atoms with van der Waals surface area (Å²) in [5.41, 5.74) is 1.61. The molecule has 1 saturated heterocycles. The van der Waals surface area contributed by atoms with E-state index in [1.165, 1.54) is 23.5 Å². The Kier molecular flexibility index (Phi) is 5.43. The molecule has 1 aliphatic rings. The van der Waals surface area contributed by atoms with Crippen molar-refractivity contribution in [3.8, 4) is 17.7 Å². The zero-order valence-electron chi connectivity index (χ0n) is 15.7. The summed E-state index contributed by atoms with van der Waals surface area (Å²) in [6, 6.07) is 5.06. The van der Waals surface area contributed by atoms with Gasteiger partial charge in [0.1, 0.15) is 17.6 Å². The molecule has 0 radical (unpaired) electrons. The number of alkyl halides is 3. The first-order valence-corrected chi connectivity index (χ1v) is 10.1. The van der Waals surface area contributed by atoms with E-state index in [0.717, 1.165) is 42.6 Å². The molecule has 0 aliphatic carbocycles. The van der Waals surface area contributed by atoms with Crippen LogP contribution in [0.3, 0.4) is 0 Å². The Morgan fingerprint density at radius 2 is 1.86 bits per heavy atom. The fourth-order valence-corrected chi connectivity index (χ4v) is 3.88. The molecule has 0 amide bonds. The fourth-order valence-electron chi connectivity index (χ4n) is 3.20. The summed E-state index contributed by atoms with van der Waals surface area (Å²) < 4.78 is 44.1. The average molecular weight is 417 g/mol. The van der Waals surface area contributed by atoms with Gasteiger partial charge in [-0.1, -0.05) is 5.92 Å². The molecule has 1 unspecified atom stereocenters. The Hall–Kier alpha value is -2.63. The van der Waals surface area contributed by atoms with Gasteiger partial charge in [0.2, 0.25) is 5.88 Å². The number of benzene rings is 1. The van der Waals surface area contributed by atoms with Crippen molar-refractivity contribution in [2.75, 3.05) is 20.2 Å². The molecule has 0 saturated carbocycles. The van der Waals surface area contributed by atoms with Gasteiger partial charge in [0.05, 0.1) is 5.56 Å². The summed E-state index contributed by atoms with van der Waals surface area (Å²) >= 11 is 1.49. The van der Waals surface area contributed by atoms with E-state index in [1.807, 2.05) is 10.8 Å². The molecule has 0 bridgehead atoms. The van der Waals surface area contributed by atoms with Gasteiger partial charge in [-0.25, -0.2) is 9.97 Å². The van der Waals surface area contributed by atoms with Gasteiger partial charge in [-0.2, -0.15) is 13.2 Å². The van der Waals surface area contributed by atoms with Crippen LogP contribution in [0.15, 0.2) is 35.0 Å². The highest BCUT2D eigenvalue weighted by Gasteiger charge is 2.29. The number of halogens is 3. The SMILES string of the molecule is CN1CCCC1COc1nc2cscc2nc1C#Cc1ccc(C(F)(F)F)cc1. The summed E-state index contributed by atoms with van der Waals surface area (Å²) in [5, 5.41) is 3.77. The molecule has 1 fully saturated rings. The maximum Gasteiger partial charge on any atom is 0.416 e. The van der Waals surface area contributed by atoms with E-state index in [2.05, 4.69) is 33.8 Å². The molecular formula is C21H18F3N3OS. The van der Waals surface area contributed by atoms with Gasteiger partial charge in [-0.05, 0) is 56.6 Å². The smallest absolute Gasteiger partial charge is 0.416 e. The normalized spacial score (nSPS) is 17.3. The zero-order chi connectivity index (χ0) is 20.4. The molecule has 0 N–H and O–H groups in total. The minimum absolute atomic E-state index is 0.325. The van der Waals surface area contributed by atoms with Gasteiger partial charge in [-0.3, -0.25) is 0 Å². The monoisotopic (exact) mass is 417 g/mol. The van der Waals surface area contributed by atoms with Gasteiger partial charge >= 0.3 is 6.18 Å². The number of rotatable bonds is 3. The number of likely N-dealkylation sites (N-methyl/N-ethyl adjacent to an activating group) is 1. The average Bonchev–Trinajstić information content (AvgIpc) is 3.32. The van der Waals surface area contributed by atoms with Crippen LogP contribution in [0.4, 0.5) is 13.2 Å². The highest BCUT2D eigenvalue weighted by atomic mass is 32.1. The Bertz CT molecular complexity index is 1070. The molecular weight excluding hydrogens is 399 g/mol. The summed E-state index contributed by atoms with van der Waals surface area (Å²) in [6.45, 7) is 1.54. The van der Waals surface area contributed by atoms with Gasteiger partial charge in [0, 0.05) is 22.4 Å². The predicted octanol–water partition coefficient (Wildman–Crippen LogP) is 4.58. The Morgan fingerprint density at radius 3 is 2.52 bits per heavy atom. The maximum atomic E-state index is 12.7. The second-order valence-electron chi connectivity index (χ2n) is 6.93. The molecule has 4 nitrogen and oxygen atoms in total. The number of fused-ring (bicyclic) bond motifs is 1. The van der Waals surface area contributed by atoms with Crippen LogP contribution in [0.2, 0.25) is 0 Å². The van der Waals surface area contributed by atoms with Crippen LogP contribution in [0.25, 0.3) is 11.0 Å². The van der Waals surface area contributed by atoms with Gasteiger partial charge in [0.15, 0.2) is 5.69 Å². The molecule has 1 atom stereocenters. The second-order valence-corrected chi connectivity index (χ2v) is 7.68. The summed E-state index contributed by atoms with van der Waals surface area (Å²) in [7, 11) is 2.07. The van der Waals surface area contributed by atoms with Crippen LogP contribution in [0, 0.1) is 11.8 Å². The number of ether oxygens (including phenoxy) is 1. The van der Waals surface area contributed by atoms with Crippen molar-refractivity contribution < 1.29 is 17.9 Å². The van der Waals surface area contributed by atoms with Crippen molar-refractivity contribution >= 4 is 22.4 Å². The predicted molar refractivity (Wildman–Crippen MR) is 106 cm³/mol. The van der Waals surface area contributed by atoms with Crippen LogP contribution >= 0.6 is 11.3 Å². The van der Waals surface area contributed by atoms with Crippen molar-refractivity contribution in [3.63, 3.8) is 0 Å². The van der Waals surface area contributed by atoms with E-state index in [-0.39, 0.29) is 0 Å². The Labute approximate surface area is 170 Å². The highest BCUT2D eigenvalue weighted by molar-refractivity contribution is 7.09. The number of nitrogens with zero attached hydrogens (tertiary/aromatic N) is 3. The molecule has 4 rings (SSSR count). The third-order valence-corrected chi connectivity index (χ3v) is 5.62. The molecule has 3 heterocycles. The van der Waals surface area contributed by atoms with Crippen LogP contribution < -0.4 is 4.74 Å². The standard InChI is InChI=1S/C21H18F3N3OS/c1-27-10-2-3-16(27)11-28-20-17(25-18-12-29-13-19(18)26-20)9-6-14-4-7-15(8-5-14)21(22,23)24/h4-5,7-8,12-13,16H,2-3,10-11H2,1H3. The first-order valence-electron chi connectivity index (χ1n) is 9.16. The molecule has 150 valence electrons. The summed E-state index contributed by atoms with van der Waals surface area (Å²) in [4.78, 5) is 11.3. The topological polar surface area (TPSA) is 38.2 Å². The van der Waals surface area contributed by atoms with E-state index in [0.29, 0.717) is 29.8 Å². The van der Waals surface area contributed by atoms with E-state index >= 15 is 0 Å². The van der Waals surface area contributed by atoms with E-state index < -0.39 is 11.7 Å². The molecule has 2 aromatic heterocycles. The molecule has 1 aliphatic heterocycles. The number of hydrogen-bond donors (Lipinski definition) is 0. The number of hydrogen-bond acceptors (Lipinski definition) is 5. The first kappa shape index (κ1) is 19.7. The Morgan fingerprint density at radius 1 is 1.14 bits per heavy atom. The fraction of sp³-hybridized carbons (Fsp3) is 0.333. The third-order valence-electron chi connectivity index (χ3n) is 4.90. The Balaban J connectivity index is 1.60. The lowest BCUT2D eigenvalue weighted by molar-refractivity contribution is -0.137. The zero-order valence-corrected chi connectivity index (χ0v) is 16.5. The van der Waals surface area contributed by atoms with Crippen LogP contribution in [0.1, 0.15) is 29.7 Å². The lowest BCUT2D eigenvalue weighted by atomic mass is 10.1. The molecule has 8 heteroatoms. The van der Waals surface area contributed by atoms with Gasteiger partial charge < -0.3 is 9.64 Å². The largest absolute Gasteiger partial charge is 0.474 e. The summed E-state index contributed by atoms with van der Waals surface area (Å²) in [6.07, 6.45) is -2.16. The summed E-state index contributed by atoms with van der Waals surface area (Å²) in [5.74, 6) is 6.14. The lowest BCUT2D eigenvalue weighted by Gasteiger charge is -2.19. The minimum Gasteiger partial charge on any atom is -0.474 e. The van der Waals surface area contributed by atoms with Gasteiger partial charge in [-0.15, -0.1) is 11.3 Å². The second kappa shape index (κ2) is 8.01. The van der Waals surface area contributed by atoms with E-state index in [1.54, 1.807) is 0 Å². The van der Waals surface area contributed by atoms with Crippen molar-refractivity contribution in [1.29, 1.82) is 0 Å². The van der Waals surface area contributed by atoms with Crippen molar-refractivity contribution in [3.05, 3.63) is 51.8 Å². The van der Waals surface area contributed by atoms with Crippen molar-refractivity contribution in [1.82, 2.24) is 14.9 Å².